The molecule has 150 valence electrons. The predicted octanol–water partition coefficient (Wildman–Crippen LogP) is 5.07. The molecule has 0 aromatic carbocycles. The van der Waals surface area contributed by atoms with Gasteiger partial charge in [0.1, 0.15) is 0 Å². The lowest BCUT2D eigenvalue weighted by atomic mass is 10.0. The van der Waals surface area contributed by atoms with Gasteiger partial charge in [-0.1, -0.05) is 56.2 Å². The molecule has 0 aliphatic carbocycles. The fourth-order valence-electron chi connectivity index (χ4n) is 2.20. The second-order valence-electron chi connectivity index (χ2n) is 5.95. The first-order valence-electron chi connectivity index (χ1n) is 9.41. The van der Waals surface area contributed by atoms with Gasteiger partial charge in [0.25, 0.3) is 0 Å². The summed E-state index contributed by atoms with van der Waals surface area (Å²) >= 11 is 0. The van der Waals surface area contributed by atoms with Gasteiger partial charge in [-0.3, -0.25) is 0 Å². The Bertz CT molecular complexity index is 567. The minimum absolute atomic E-state index is 0.0329. The number of allylic oxidation sites excluding steroid dienone is 5. The summed E-state index contributed by atoms with van der Waals surface area (Å²) in [7, 11) is 0. The number of hydrogen-bond donors (Lipinski definition) is 2. The van der Waals surface area contributed by atoms with Crippen LogP contribution in [0.15, 0.2) is 60.3 Å². The third-order valence-electron chi connectivity index (χ3n) is 3.70. The fourth-order valence-corrected chi connectivity index (χ4v) is 2.20. The first kappa shape index (κ1) is 24.6. The lowest BCUT2D eigenvalue weighted by molar-refractivity contribution is -0.135. The maximum absolute atomic E-state index is 11.4. The standard InChI is InChI=1S/C22H32O5/c1-3-5-7-9-11-13-15-19(21(23)24)20(22(25)26)16-18-27-17-14-12-10-8-6-4-2/h4,9,11-15H,2-3,5-8,10,16-18H2,1H3,(H,23,24)(H,25,26). The highest BCUT2D eigenvalue weighted by Crippen LogP contribution is 2.13. The molecule has 0 unspecified atom stereocenters. The fraction of sp³-hybridized carbons (Fsp3) is 0.455. The summed E-state index contributed by atoms with van der Waals surface area (Å²) in [6, 6.07) is 0. The van der Waals surface area contributed by atoms with Gasteiger partial charge < -0.3 is 14.9 Å². The van der Waals surface area contributed by atoms with E-state index in [1.54, 1.807) is 12.2 Å². The van der Waals surface area contributed by atoms with Crippen molar-refractivity contribution in [2.75, 3.05) is 13.2 Å². The van der Waals surface area contributed by atoms with E-state index in [0.29, 0.717) is 6.61 Å². The number of ether oxygens (including phenoxy) is 1. The predicted molar refractivity (Wildman–Crippen MR) is 109 cm³/mol. The van der Waals surface area contributed by atoms with Crippen molar-refractivity contribution in [1.82, 2.24) is 0 Å². The first-order chi connectivity index (χ1) is 13.0. The number of carbonyl (C=O) groups is 2. The Labute approximate surface area is 162 Å². The van der Waals surface area contributed by atoms with Gasteiger partial charge in [0.2, 0.25) is 0 Å². The Morgan fingerprint density at radius 3 is 2.33 bits per heavy atom. The third kappa shape index (κ3) is 13.5. The molecule has 0 aromatic rings. The highest BCUT2D eigenvalue weighted by atomic mass is 16.5. The average Bonchev–Trinajstić information content (AvgIpc) is 2.63. The van der Waals surface area contributed by atoms with E-state index in [1.165, 1.54) is 6.08 Å². The zero-order chi connectivity index (χ0) is 20.3. The van der Waals surface area contributed by atoms with Crippen molar-refractivity contribution in [1.29, 1.82) is 0 Å². The second kappa shape index (κ2) is 17.0. The second-order valence-corrected chi connectivity index (χ2v) is 5.95. The average molecular weight is 376 g/mol. The van der Waals surface area contributed by atoms with Crippen molar-refractivity contribution in [2.45, 2.75) is 51.9 Å². The van der Waals surface area contributed by atoms with Crippen LogP contribution in [-0.4, -0.2) is 35.4 Å². The monoisotopic (exact) mass is 376 g/mol. The molecule has 2 N–H and O–H groups in total. The van der Waals surface area contributed by atoms with Gasteiger partial charge >= 0.3 is 11.9 Å². The van der Waals surface area contributed by atoms with Gasteiger partial charge in [-0.25, -0.2) is 9.59 Å². The summed E-state index contributed by atoms with van der Waals surface area (Å²) in [4.78, 5) is 22.9. The van der Waals surface area contributed by atoms with Crippen molar-refractivity contribution in [3.05, 3.63) is 60.3 Å². The quantitative estimate of drug-likeness (QED) is 0.170. The molecule has 0 aliphatic rings. The highest BCUT2D eigenvalue weighted by molar-refractivity contribution is 6.00. The smallest absolute Gasteiger partial charge is 0.336 e. The van der Waals surface area contributed by atoms with E-state index >= 15 is 0 Å². The summed E-state index contributed by atoms with van der Waals surface area (Å²) in [6.07, 6.45) is 18.4. The Morgan fingerprint density at radius 1 is 0.963 bits per heavy atom. The molecule has 0 aromatic heterocycles. The van der Waals surface area contributed by atoms with Crippen LogP contribution < -0.4 is 0 Å². The van der Waals surface area contributed by atoms with Gasteiger partial charge in [0, 0.05) is 6.42 Å². The van der Waals surface area contributed by atoms with Gasteiger partial charge in [-0.15, -0.1) is 6.58 Å². The molecular weight excluding hydrogens is 344 g/mol. The van der Waals surface area contributed by atoms with Gasteiger partial charge in [0.15, 0.2) is 0 Å². The molecule has 0 saturated carbocycles. The van der Waals surface area contributed by atoms with Crippen LogP contribution in [0.25, 0.3) is 0 Å². The molecule has 0 radical (unpaired) electrons. The molecule has 0 aliphatic heterocycles. The van der Waals surface area contributed by atoms with Crippen LogP contribution in [0.3, 0.4) is 0 Å². The minimum Gasteiger partial charge on any atom is -0.478 e. The summed E-state index contributed by atoms with van der Waals surface area (Å²) in [5, 5.41) is 18.7. The number of rotatable bonds is 16. The van der Waals surface area contributed by atoms with Crippen molar-refractivity contribution < 1.29 is 24.5 Å². The normalized spacial score (nSPS) is 12.8. The number of carboxylic acid groups (broad SMARTS) is 2. The van der Waals surface area contributed by atoms with Crippen molar-refractivity contribution in [3.63, 3.8) is 0 Å². The first-order valence-corrected chi connectivity index (χ1v) is 9.41. The van der Waals surface area contributed by atoms with E-state index in [2.05, 4.69) is 13.5 Å². The van der Waals surface area contributed by atoms with Crippen LogP contribution in [0.5, 0.6) is 0 Å². The van der Waals surface area contributed by atoms with Crippen LogP contribution in [-0.2, 0) is 14.3 Å². The topological polar surface area (TPSA) is 83.8 Å². The van der Waals surface area contributed by atoms with E-state index < -0.39 is 11.9 Å². The Hall–Kier alpha value is -2.40. The number of aliphatic carboxylic acids is 2. The largest absolute Gasteiger partial charge is 0.478 e. The van der Waals surface area contributed by atoms with Gasteiger partial charge in [0.05, 0.1) is 24.4 Å². The molecule has 5 nitrogen and oxygen atoms in total. The maximum atomic E-state index is 11.4. The van der Waals surface area contributed by atoms with Crippen LogP contribution in [0, 0.1) is 0 Å². The van der Waals surface area contributed by atoms with Crippen LogP contribution >= 0.6 is 0 Å². The molecule has 0 heterocycles. The lowest BCUT2D eigenvalue weighted by Gasteiger charge is -2.06. The minimum atomic E-state index is -1.26. The Balaban J connectivity index is 4.65. The van der Waals surface area contributed by atoms with Crippen LogP contribution in [0.4, 0.5) is 0 Å². The Kier molecular flexibility index (Phi) is 15.5. The molecular formula is C22H32O5. The number of hydrogen-bond acceptors (Lipinski definition) is 3. The maximum Gasteiger partial charge on any atom is 0.336 e. The van der Waals surface area contributed by atoms with E-state index in [1.807, 2.05) is 24.3 Å². The van der Waals surface area contributed by atoms with Crippen molar-refractivity contribution in [2.24, 2.45) is 0 Å². The third-order valence-corrected chi connectivity index (χ3v) is 3.70. The number of carboxylic acids is 2. The van der Waals surface area contributed by atoms with Crippen LogP contribution in [0.1, 0.15) is 51.9 Å². The summed E-state index contributed by atoms with van der Waals surface area (Å²) in [5.41, 5.74) is -0.373. The van der Waals surface area contributed by atoms with E-state index in [9.17, 15) is 19.8 Å². The Morgan fingerprint density at radius 2 is 1.70 bits per heavy atom. The highest BCUT2D eigenvalue weighted by Gasteiger charge is 2.17. The molecule has 27 heavy (non-hydrogen) atoms. The molecule has 0 saturated heterocycles. The van der Waals surface area contributed by atoms with Gasteiger partial charge in [-0.2, -0.15) is 0 Å². The summed E-state index contributed by atoms with van der Waals surface area (Å²) in [5.74, 6) is -2.50. The number of unbranched alkanes of at least 4 members (excludes halogenated alkanes) is 4. The zero-order valence-electron chi connectivity index (χ0n) is 16.2. The SMILES string of the molecule is C=CCCCC=CCOCCC(C(=O)O)=C(C=CC=CCCCC)C(=O)O. The zero-order valence-corrected chi connectivity index (χ0v) is 16.2. The molecule has 0 amide bonds. The van der Waals surface area contributed by atoms with E-state index in [4.69, 9.17) is 4.74 Å². The summed E-state index contributed by atoms with van der Waals surface area (Å²) < 4.78 is 5.39. The van der Waals surface area contributed by atoms with E-state index in [-0.39, 0.29) is 24.2 Å². The van der Waals surface area contributed by atoms with Crippen molar-refractivity contribution in [3.8, 4) is 0 Å². The summed E-state index contributed by atoms with van der Waals surface area (Å²) in [6.45, 7) is 6.27. The molecule has 0 rings (SSSR count). The molecule has 0 fully saturated rings. The van der Waals surface area contributed by atoms with E-state index in [0.717, 1.165) is 38.5 Å². The molecule has 0 bridgehead atoms. The van der Waals surface area contributed by atoms with Crippen LogP contribution in [0.2, 0.25) is 0 Å². The van der Waals surface area contributed by atoms with Crippen molar-refractivity contribution >= 4 is 11.9 Å². The molecule has 0 spiro atoms. The lowest BCUT2D eigenvalue weighted by Crippen LogP contribution is -2.12. The van der Waals surface area contributed by atoms with Gasteiger partial charge in [-0.05, 0) is 31.8 Å². The molecule has 0 atom stereocenters. The molecule has 5 heteroatoms.